The second-order valence-corrected chi connectivity index (χ2v) is 4.35. The summed E-state index contributed by atoms with van der Waals surface area (Å²) in [6, 6.07) is 7.73. The van der Waals surface area contributed by atoms with Crippen molar-refractivity contribution in [3.63, 3.8) is 0 Å². The molecule has 0 bridgehead atoms. The lowest BCUT2D eigenvalue weighted by Gasteiger charge is -1.96. The standard InChI is InChI=1S/C12H15ClN4/c1-17-12(6-7-14)15-11(16-17)8-9-2-4-10(13)5-3-9/h2-5H,6-8,14H2,1H3. The Kier molecular flexibility index (Phi) is 3.76. The average molecular weight is 251 g/mol. The molecule has 0 aliphatic heterocycles. The molecule has 0 aliphatic rings. The van der Waals surface area contributed by atoms with Crippen LogP contribution in [0.3, 0.4) is 0 Å². The van der Waals surface area contributed by atoms with E-state index in [0.717, 1.165) is 35.1 Å². The lowest BCUT2D eigenvalue weighted by atomic mass is 10.1. The Balaban J connectivity index is 2.13. The van der Waals surface area contributed by atoms with E-state index < -0.39 is 0 Å². The van der Waals surface area contributed by atoms with E-state index >= 15 is 0 Å². The summed E-state index contributed by atoms with van der Waals surface area (Å²) in [4.78, 5) is 4.46. The Morgan fingerprint density at radius 2 is 2.00 bits per heavy atom. The number of nitrogens with zero attached hydrogens (tertiary/aromatic N) is 3. The van der Waals surface area contributed by atoms with E-state index in [1.165, 1.54) is 0 Å². The monoisotopic (exact) mass is 250 g/mol. The van der Waals surface area contributed by atoms with Crippen LogP contribution in [0.4, 0.5) is 0 Å². The Bertz CT molecular complexity index is 490. The number of hydrogen-bond donors (Lipinski definition) is 1. The Morgan fingerprint density at radius 3 is 2.65 bits per heavy atom. The molecule has 0 amide bonds. The molecule has 0 saturated heterocycles. The number of rotatable bonds is 4. The number of aromatic nitrogens is 3. The molecule has 0 unspecified atom stereocenters. The van der Waals surface area contributed by atoms with E-state index in [1.807, 2.05) is 31.3 Å². The Morgan fingerprint density at radius 1 is 1.29 bits per heavy atom. The van der Waals surface area contributed by atoms with Crippen LogP contribution < -0.4 is 5.73 Å². The SMILES string of the molecule is Cn1nc(Cc2ccc(Cl)cc2)nc1CCN. The van der Waals surface area contributed by atoms with Crippen LogP contribution in [-0.4, -0.2) is 21.3 Å². The van der Waals surface area contributed by atoms with E-state index in [9.17, 15) is 0 Å². The molecule has 1 aromatic heterocycles. The second-order valence-electron chi connectivity index (χ2n) is 3.91. The maximum atomic E-state index is 5.84. The summed E-state index contributed by atoms with van der Waals surface area (Å²) in [5, 5.41) is 5.11. The van der Waals surface area contributed by atoms with Gasteiger partial charge in [-0.25, -0.2) is 4.98 Å². The maximum Gasteiger partial charge on any atom is 0.155 e. The van der Waals surface area contributed by atoms with Crippen molar-refractivity contribution in [2.75, 3.05) is 6.54 Å². The van der Waals surface area contributed by atoms with Gasteiger partial charge in [-0.1, -0.05) is 23.7 Å². The average Bonchev–Trinajstić information content (AvgIpc) is 2.63. The topological polar surface area (TPSA) is 56.7 Å². The van der Waals surface area contributed by atoms with Crippen molar-refractivity contribution < 1.29 is 0 Å². The van der Waals surface area contributed by atoms with Crippen molar-refractivity contribution in [1.29, 1.82) is 0 Å². The highest BCUT2D eigenvalue weighted by Gasteiger charge is 2.06. The highest BCUT2D eigenvalue weighted by atomic mass is 35.5. The second kappa shape index (κ2) is 5.29. The number of halogens is 1. The molecule has 0 spiro atoms. The van der Waals surface area contributed by atoms with Crippen LogP contribution in [0.1, 0.15) is 17.2 Å². The van der Waals surface area contributed by atoms with Crippen LogP contribution in [0.15, 0.2) is 24.3 Å². The minimum absolute atomic E-state index is 0.590. The summed E-state index contributed by atoms with van der Waals surface area (Å²) in [7, 11) is 1.89. The van der Waals surface area contributed by atoms with Crippen LogP contribution in [-0.2, 0) is 19.9 Å². The fraction of sp³-hybridized carbons (Fsp3) is 0.333. The van der Waals surface area contributed by atoms with Crippen molar-refractivity contribution in [2.45, 2.75) is 12.8 Å². The van der Waals surface area contributed by atoms with Gasteiger partial charge in [0.25, 0.3) is 0 Å². The van der Waals surface area contributed by atoms with Gasteiger partial charge in [0, 0.05) is 24.9 Å². The Hall–Kier alpha value is -1.39. The van der Waals surface area contributed by atoms with Crippen LogP contribution in [0, 0.1) is 0 Å². The van der Waals surface area contributed by atoms with Gasteiger partial charge in [0.05, 0.1) is 0 Å². The molecule has 90 valence electrons. The van der Waals surface area contributed by atoms with Gasteiger partial charge >= 0.3 is 0 Å². The molecule has 2 N–H and O–H groups in total. The molecule has 5 heteroatoms. The zero-order chi connectivity index (χ0) is 12.3. The molecular formula is C12H15ClN4. The van der Waals surface area contributed by atoms with Gasteiger partial charge in [-0.05, 0) is 24.2 Å². The molecule has 0 aliphatic carbocycles. The predicted molar refractivity (Wildman–Crippen MR) is 68.0 cm³/mol. The van der Waals surface area contributed by atoms with Crippen molar-refractivity contribution in [3.05, 3.63) is 46.5 Å². The van der Waals surface area contributed by atoms with E-state index in [1.54, 1.807) is 4.68 Å². The summed E-state index contributed by atoms with van der Waals surface area (Å²) >= 11 is 5.84. The summed E-state index contributed by atoms with van der Waals surface area (Å²) < 4.78 is 1.79. The molecule has 1 aromatic carbocycles. The van der Waals surface area contributed by atoms with Crippen molar-refractivity contribution in [2.24, 2.45) is 12.8 Å². The molecule has 2 aromatic rings. The van der Waals surface area contributed by atoms with Gasteiger partial charge in [0.1, 0.15) is 5.82 Å². The smallest absolute Gasteiger partial charge is 0.155 e. The van der Waals surface area contributed by atoms with Gasteiger partial charge in [-0.15, -0.1) is 0 Å². The first-order chi connectivity index (χ1) is 8.19. The van der Waals surface area contributed by atoms with E-state index in [-0.39, 0.29) is 0 Å². The quantitative estimate of drug-likeness (QED) is 0.896. The van der Waals surface area contributed by atoms with E-state index in [0.29, 0.717) is 6.54 Å². The zero-order valence-corrected chi connectivity index (χ0v) is 10.5. The highest BCUT2D eigenvalue weighted by molar-refractivity contribution is 6.30. The molecule has 0 radical (unpaired) electrons. The summed E-state index contributed by atoms with van der Waals surface area (Å²) in [6.45, 7) is 0.590. The third-order valence-electron chi connectivity index (χ3n) is 2.54. The van der Waals surface area contributed by atoms with E-state index in [4.69, 9.17) is 17.3 Å². The fourth-order valence-corrected chi connectivity index (χ4v) is 1.81. The minimum Gasteiger partial charge on any atom is -0.330 e. The van der Waals surface area contributed by atoms with Crippen LogP contribution in [0.2, 0.25) is 5.02 Å². The molecule has 2 rings (SSSR count). The third-order valence-corrected chi connectivity index (χ3v) is 2.79. The third kappa shape index (κ3) is 3.05. The Labute approximate surface area is 105 Å². The number of nitrogens with two attached hydrogens (primary N) is 1. The first kappa shape index (κ1) is 12.1. The van der Waals surface area contributed by atoms with Crippen LogP contribution >= 0.6 is 11.6 Å². The molecule has 0 saturated carbocycles. The summed E-state index contributed by atoms with van der Waals surface area (Å²) in [6.07, 6.45) is 1.47. The van der Waals surface area contributed by atoms with Gasteiger partial charge < -0.3 is 5.73 Å². The van der Waals surface area contributed by atoms with Gasteiger partial charge in [0.15, 0.2) is 5.82 Å². The first-order valence-electron chi connectivity index (χ1n) is 5.52. The van der Waals surface area contributed by atoms with Crippen LogP contribution in [0.25, 0.3) is 0 Å². The number of benzene rings is 1. The van der Waals surface area contributed by atoms with Crippen molar-refractivity contribution in [3.8, 4) is 0 Å². The predicted octanol–water partition coefficient (Wildman–Crippen LogP) is 1.56. The lowest BCUT2D eigenvalue weighted by molar-refractivity contribution is 0.691. The number of hydrogen-bond acceptors (Lipinski definition) is 3. The summed E-state index contributed by atoms with van der Waals surface area (Å²) in [5.41, 5.74) is 6.66. The largest absolute Gasteiger partial charge is 0.330 e. The normalized spacial score (nSPS) is 10.8. The molecule has 0 atom stereocenters. The first-order valence-corrected chi connectivity index (χ1v) is 5.90. The summed E-state index contributed by atoms with van der Waals surface area (Å²) in [5.74, 6) is 1.75. The molecule has 1 heterocycles. The molecule has 17 heavy (non-hydrogen) atoms. The van der Waals surface area contributed by atoms with Crippen LogP contribution in [0.5, 0.6) is 0 Å². The minimum atomic E-state index is 0.590. The zero-order valence-electron chi connectivity index (χ0n) is 9.73. The van der Waals surface area contributed by atoms with Gasteiger partial charge in [-0.3, -0.25) is 4.68 Å². The van der Waals surface area contributed by atoms with Crippen molar-refractivity contribution >= 4 is 11.6 Å². The fourth-order valence-electron chi connectivity index (χ4n) is 1.68. The molecular weight excluding hydrogens is 236 g/mol. The maximum absolute atomic E-state index is 5.84. The molecule has 0 fully saturated rings. The number of aryl methyl sites for hydroxylation is 1. The lowest BCUT2D eigenvalue weighted by Crippen LogP contribution is -2.08. The molecule has 4 nitrogen and oxygen atoms in total. The van der Waals surface area contributed by atoms with Gasteiger partial charge in [0.2, 0.25) is 0 Å². The highest BCUT2D eigenvalue weighted by Crippen LogP contribution is 2.12. The van der Waals surface area contributed by atoms with E-state index in [2.05, 4.69) is 10.1 Å². The van der Waals surface area contributed by atoms with Crippen molar-refractivity contribution in [1.82, 2.24) is 14.8 Å². The van der Waals surface area contributed by atoms with Gasteiger partial charge in [-0.2, -0.15) is 5.10 Å².